The van der Waals surface area contributed by atoms with Gasteiger partial charge in [0.05, 0.1) is 6.10 Å². The molecule has 0 bridgehead atoms. The van der Waals surface area contributed by atoms with Gasteiger partial charge in [0.1, 0.15) is 5.82 Å². The lowest BCUT2D eigenvalue weighted by Gasteiger charge is -2.29. The zero-order chi connectivity index (χ0) is 13.8. The molecule has 1 fully saturated rings. The van der Waals surface area contributed by atoms with E-state index in [-0.39, 0.29) is 11.9 Å². The summed E-state index contributed by atoms with van der Waals surface area (Å²) in [6.45, 7) is 3.73. The zero-order valence-corrected chi connectivity index (χ0v) is 11.9. The molecule has 0 aromatic heterocycles. The van der Waals surface area contributed by atoms with Gasteiger partial charge in [0, 0.05) is 13.1 Å². The van der Waals surface area contributed by atoms with Crippen LogP contribution in [0.2, 0.25) is 0 Å². The Morgan fingerprint density at radius 3 is 2.58 bits per heavy atom. The van der Waals surface area contributed by atoms with Crippen molar-refractivity contribution in [3.63, 3.8) is 0 Å². The monoisotopic (exact) mass is 265 g/mol. The molecule has 0 amide bonds. The van der Waals surface area contributed by atoms with Crippen LogP contribution >= 0.6 is 0 Å². The van der Waals surface area contributed by atoms with Gasteiger partial charge in [0.15, 0.2) is 0 Å². The summed E-state index contributed by atoms with van der Waals surface area (Å²) in [6, 6.07) is 5.34. The minimum Gasteiger partial charge on any atom is -0.393 e. The van der Waals surface area contributed by atoms with Gasteiger partial charge in [-0.25, -0.2) is 4.39 Å². The lowest BCUT2D eigenvalue weighted by molar-refractivity contribution is 0.0968. The van der Waals surface area contributed by atoms with E-state index in [1.165, 1.54) is 0 Å². The highest BCUT2D eigenvalue weighted by Gasteiger charge is 2.20. The Kier molecular flexibility index (Phi) is 4.94. The summed E-state index contributed by atoms with van der Waals surface area (Å²) >= 11 is 0. The van der Waals surface area contributed by atoms with E-state index in [0.29, 0.717) is 11.5 Å². The third-order valence-electron chi connectivity index (χ3n) is 4.06. The summed E-state index contributed by atoms with van der Waals surface area (Å²) in [5.74, 6) is 0.558. The molecule has 1 aliphatic rings. The molecule has 19 heavy (non-hydrogen) atoms. The highest BCUT2D eigenvalue weighted by atomic mass is 19.1. The molecule has 2 nitrogen and oxygen atoms in total. The molecule has 0 radical (unpaired) electrons. The van der Waals surface area contributed by atoms with Crippen molar-refractivity contribution in [1.29, 1.82) is 0 Å². The number of aryl methyl sites for hydroxylation is 1. The maximum Gasteiger partial charge on any atom is 0.126 e. The summed E-state index contributed by atoms with van der Waals surface area (Å²) in [5.41, 5.74) is 1.88. The number of benzene rings is 1. The number of hydrogen-bond acceptors (Lipinski definition) is 2. The molecule has 1 N–H and O–H groups in total. The van der Waals surface area contributed by atoms with E-state index in [4.69, 9.17) is 0 Å². The quantitative estimate of drug-likeness (QED) is 0.904. The van der Waals surface area contributed by atoms with Gasteiger partial charge < -0.3 is 10.0 Å². The molecule has 3 heteroatoms. The van der Waals surface area contributed by atoms with Crippen molar-refractivity contribution < 1.29 is 9.50 Å². The van der Waals surface area contributed by atoms with Crippen LogP contribution in [-0.4, -0.2) is 29.7 Å². The van der Waals surface area contributed by atoms with Crippen LogP contribution < -0.4 is 0 Å². The summed E-state index contributed by atoms with van der Waals surface area (Å²) < 4.78 is 13.2. The number of nitrogens with zero attached hydrogens (tertiary/aromatic N) is 1. The first-order chi connectivity index (χ1) is 9.04. The number of aliphatic hydroxyl groups is 1. The maximum absolute atomic E-state index is 13.2. The van der Waals surface area contributed by atoms with E-state index in [0.717, 1.165) is 44.3 Å². The SMILES string of the molecule is Cc1cc(CN(C)CC2CCC(O)CC2)ccc1F. The molecular formula is C16H24FNO. The summed E-state index contributed by atoms with van der Waals surface area (Å²) in [7, 11) is 2.11. The van der Waals surface area contributed by atoms with Gasteiger partial charge in [-0.1, -0.05) is 12.1 Å². The van der Waals surface area contributed by atoms with E-state index in [2.05, 4.69) is 11.9 Å². The second-order valence-electron chi connectivity index (χ2n) is 5.95. The number of halogens is 1. The van der Waals surface area contributed by atoms with Crippen molar-refractivity contribution in [3.8, 4) is 0 Å². The smallest absolute Gasteiger partial charge is 0.126 e. The van der Waals surface area contributed by atoms with Gasteiger partial charge >= 0.3 is 0 Å². The van der Waals surface area contributed by atoms with Crippen molar-refractivity contribution in [2.24, 2.45) is 5.92 Å². The van der Waals surface area contributed by atoms with E-state index in [1.807, 2.05) is 12.1 Å². The van der Waals surface area contributed by atoms with Crippen LogP contribution in [-0.2, 0) is 6.54 Å². The van der Waals surface area contributed by atoms with Gasteiger partial charge in [0.25, 0.3) is 0 Å². The molecule has 1 aromatic carbocycles. The molecule has 0 atom stereocenters. The molecule has 1 aliphatic carbocycles. The molecule has 1 saturated carbocycles. The second kappa shape index (κ2) is 6.49. The van der Waals surface area contributed by atoms with Crippen molar-refractivity contribution in [2.45, 2.75) is 45.3 Å². The Bertz CT molecular complexity index is 413. The van der Waals surface area contributed by atoms with E-state index in [1.54, 1.807) is 13.0 Å². The molecule has 1 aromatic rings. The summed E-state index contributed by atoms with van der Waals surface area (Å²) in [5, 5.41) is 9.50. The fourth-order valence-electron chi connectivity index (χ4n) is 2.95. The van der Waals surface area contributed by atoms with E-state index < -0.39 is 0 Å². The molecular weight excluding hydrogens is 241 g/mol. The van der Waals surface area contributed by atoms with Crippen LogP contribution in [0, 0.1) is 18.7 Å². The predicted molar refractivity (Wildman–Crippen MR) is 75.4 cm³/mol. The van der Waals surface area contributed by atoms with E-state index in [9.17, 15) is 9.50 Å². The Morgan fingerprint density at radius 2 is 1.95 bits per heavy atom. The highest BCUT2D eigenvalue weighted by Crippen LogP contribution is 2.25. The summed E-state index contributed by atoms with van der Waals surface area (Å²) in [4.78, 5) is 2.30. The lowest BCUT2D eigenvalue weighted by Crippen LogP contribution is -2.29. The Morgan fingerprint density at radius 1 is 1.26 bits per heavy atom. The van der Waals surface area contributed by atoms with Crippen LogP contribution in [0.5, 0.6) is 0 Å². The van der Waals surface area contributed by atoms with Crippen LogP contribution in [0.25, 0.3) is 0 Å². The van der Waals surface area contributed by atoms with Crippen molar-refractivity contribution in [2.75, 3.05) is 13.6 Å². The average molecular weight is 265 g/mol. The third-order valence-corrected chi connectivity index (χ3v) is 4.06. The van der Waals surface area contributed by atoms with Gasteiger partial charge in [-0.2, -0.15) is 0 Å². The average Bonchev–Trinajstić information content (AvgIpc) is 2.37. The fourth-order valence-corrected chi connectivity index (χ4v) is 2.95. The maximum atomic E-state index is 13.2. The summed E-state index contributed by atoms with van der Waals surface area (Å²) in [6.07, 6.45) is 4.03. The van der Waals surface area contributed by atoms with Crippen molar-refractivity contribution in [1.82, 2.24) is 4.90 Å². The second-order valence-corrected chi connectivity index (χ2v) is 5.95. The van der Waals surface area contributed by atoms with Crippen LogP contribution in [0.15, 0.2) is 18.2 Å². The Hall–Kier alpha value is -0.930. The van der Waals surface area contributed by atoms with Crippen LogP contribution in [0.4, 0.5) is 4.39 Å². The number of hydrogen-bond donors (Lipinski definition) is 1. The minimum absolute atomic E-state index is 0.0821. The van der Waals surface area contributed by atoms with Gasteiger partial charge in [-0.15, -0.1) is 0 Å². The minimum atomic E-state index is -0.132. The fraction of sp³-hybridized carbons (Fsp3) is 0.625. The molecule has 106 valence electrons. The largest absolute Gasteiger partial charge is 0.393 e. The predicted octanol–water partition coefficient (Wildman–Crippen LogP) is 3.12. The van der Waals surface area contributed by atoms with E-state index >= 15 is 0 Å². The van der Waals surface area contributed by atoms with Crippen LogP contribution in [0.3, 0.4) is 0 Å². The van der Waals surface area contributed by atoms with Crippen LogP contribution in [0.1, 0.15) is 36.8 Å². The standard InChI is InChI=1S/C16H24FNO/c1-12-9-14(5-8-16(12)17)11-18(2)10-13-3-6-15(19)7-4-13/h5,8-9,13,15,19H,3-4,6-7,10-11H2,1-2H3. The molecule has 0 unspecified atom stereocenters. The normalized spacial score (nSPS) is 23.8. The molecule has 0 saturated heterocycles. The Labute approximate surface area is 115 Å². The molecule has 0 aliphatic heterocycles. The highest BCUT2D eigenvalue weighted by molar-refractivity contribution is 5.23. The topological polar surface area (TPSA) is 23.5 Å². The molecule has 2 rings (SSSR count). The third kappa shape index (κ3) is 4.29. The van der Waals surface area contributed by atoms with Gasteiger partial charge in [0.2, 0.25) is 0 Å². The first-order valence-corrected chi connectivity index (χ1v) is 7.16. The first kappa shape index (κ1) is 14.5. The van der Waals surface area contributed by atoms with Crippen molar-refractivity contribution >= 4 is 0 Å². The van der Waals surface area contributed by atoms with Gasteiger partial charge in [-0.3, -0.25) is 0 Å². The zero-order valence-electron chi connectivity index (χ0n) is 11.9. The lowest BCUT2D eigenvalue weighted by atomic mass is 9.87. The number of aliphatic hydroxyl groups excluding tert-OH is 1. The molecule has 0 heterocycles. The molecule has 0 spiro atoms. The first-order valence-electron chi connectivity index (χ1n) is 7.16. The van der Waals surface area contributed by atoms with Crippen molar-refractivity contribution in [3.05, 3.63) is 35.1 Å². The van der Waals surface area contributed by atoms with Gasteiger partial charge in [-0.05, 0) is 62.8 Å². The Balaban J connectivity index is 1.83. The number of rotatable bonds is 4.